The molecule has 76 valence electrons. The van der Waals surface area contributed by atoms with Gasteiger partial charge in [-0.05, 0) is 18.2 Å². The van der Waals surface area contributed by atoms with Crippen molar-refractivity contribution < 1.29 is 4.79 Å². The summed E-state index contributed by atoms with van der Waals surface area (Å²) in [6.07, 6.45) is 3.31. The number of halogens is 2. The summed E-state index contributed by atoms with van der Waals surface area (Å²) in [4.78, 5) is 14.7. The van der Waals surface area contributed by atoms with E-state index < -0.39 is 0 Å². The van der Waals surface area contributed by atoms with Crippen LogP contribution in [0.25, 0.3) is 0 Å². The first-order chi connectivity index (χ1) is 7.20. The van der Waals surface area contributed by atoms with Crippen LogP contribution >= 0.6 is 23.2 Å². The van der Waals surface area contributed by atoms with Gasteiger partial charge in [0.25, 0.3) is 0 Å². The van der Waals surface area contributed by atoms with E-state index >= 15 is 0 Å². The van der Waals surface area contributed by atoms with Crippen molar-refractivity contribution >= 4 is 29.0 Å². The fraction of sp³-hybridized carbons (Fsp3) is 0. The number of carbonyl (C=O) groups is 1. The van der Waals surface area contributed by atoms with Crippen LogP contribution in [-0.2, 0) is 0 Å². The van der Waals surface area contributed by atoms with Gasteiger partial charge in [-0.2, -0.15) is 0 Å². The topological polar surface area (TPSA) is 32.9 Å². The zero-order chi connectivity index (χ0) is 10.8. The fourth-order valence-electron chi connectivity index (χ4n) is 1.30. The molecule has 0 unspecified atom stereocenters. The summed E-state index contributed by atoms with van der Waals surface area (Å²) in [6.45, 7) is 0. The Hall–Kier alpha value is -1.25. The van der Waals surface area contributed by atoms with Gasteiger partial charge in [0.05, 0.1) is 10.0 Å². The number of rotatable bonds is 2. The Balaban J connectivity index is 2.47. The molecule has 2 nitrogen and oxygen atoms in total. The second kappa shape index (κ2) is 4.09. The van der Waals surface area contributed by atoms with E-state index in [1.54, 1.807) is 36.7 Å². The number of aromatic amines is 1. The van der Waals surface area contributed by atoms with Crippen molar-refractivity contribution in [3.05, 3.63) is 57.8 Å². The van der Waals surface area contributed by atoms with Crippen molar-refractivity contribution in [2.75, 3.05) is 0 Å². The summed E-state index contributed by atoms with van der Waals surface area (Å²) in [5.41, 5.74) is 0.989. The molecular weight excluding hydrogens is 233 g/mol. The first kappa shape index (κ1) is 10.3. The quantitative estimate of drug-likeness (QED) is 0.800. The van der Waals surface area contributed by atoms with Crippen molar-refractivity contribution in [3.63, 3.8) is 0 Å². The third kappa shape index (κ3) is 1.91. The zero-order valence-electron chi connectivity index (χ0n) is 7.63. The Morgan fingerprint density at radius 3 is 2.67 bits per heavy atom. The molecule has 0 fully saturated rings. The second-order valence-corrected chi connectivity index (χ2v) is 3.82. The number of H-pyrrole nitrogens is 1. The van der Waals surface area contributed by atoms with Crippen LogP contribution in [0.3, 0.4) is 0 Å². The lowest BCUT2D eigenvalue weighted by molar-refractivity contribution is 0.103. The third-order valence-corrected chi connectivity index (χ3v) is 2.88. The molecule has 2 aromatic rings. The van der Waals surface area contributed by atoms with Crippen LogP contribution in [0.2, 0.25) is 10.0 Å². The lowest BCUT2D eigenvalue weighted by Gasteiger charge is -2.02. The van der Waals surface area contributed by atoms with Crippen LogP contribution in [0.15, 0.2) is 36.7 Å². The molecule has 0 atom stereocenters. The Morgan fingerprint density at radius 2 is 2.00 bits per heavy atom. The van der Waals surface area contributed by atoms with Crippen LogP contribution in [0.1, 0.15) is 15.9 Å². The SMILES string of the molecule is O=C(c1cc[nH]c1)c1cccc(Cl)c1Cl. The number of ketones is 1. The smallest absolute Gasteiger partial charge is 0.196 e. The number of nitrogens with one attached hydrogen (secondary N) is 1. The van der Waals surface area contributed by atoms with E-state index in [0.717, 1.165) is 0 Å². The van der Waals surface area contributed by atoms with Crippen LogP contribution in [0, 0.1) is 0 Å². The van der Waals surface area contributed by atoms with Crippen LogP contribution in [0.4, 0.5) is 0 Å². The van der Waals surface area contributed by atoms with Crippen LogP contribution in [-0.4, -0.2) is 10.8 Å². The van der Waals surface area contributed by atoms with Crippen molar-refractivity contribution in [1.82, 2.24) is 4.98 Å². The Labute approximate surface area is 96.8 Å². The normalized spacial score (nSPS) is 10.3. The molecule has 0 spiro atoms. The first-order valence-electron chi connectivity index (χ1n) is 4.31. The van der Waals surface area contributed by atoms with E-state index in [1.807, 2.05) is 0 Å². The molecule has 1 aromatic heterocycles. The number of hydrogen-bond acceptors (Lipinski definition) is 1. The van der Waals surface area contributed by atoms with E-state index in [4.69, 9.17) is 23.2 Å². The summed E-state index contributed by atoms with van der Waals surface area (Å²) >= 11 is 11.8. The molecule has 1 aromatic carbocycles. The van der Waals surface area contributed by atoms with E-state index in [1.165, 1.54) is 0 Å². The summed E-state index contributed by atoms with van der Waals surface area (Å²) in [5, 5.41) is 0.684. The Kier molecular flexibility index (Phi) is 2.80. The predicted octanol–water partition coefficient (Wildman–Crippen LogP) is 3.55. The van der Waals surface area contributed by atoms with Gasteiger partial charge < -0.3 is 4.98 Å². The van der Waals surface area contributed by atoms with Gasteiger partial charge in [-0.15, -0.1) is 0 Å². The van der Waals surface area contributed by atoms with E-state index in [-0.39, 0.29) is 5.78 Å². The van der Waals surface area contributed by atoms with E-state index in [0.29, 0.717) is 21.2 Å². The minimum atomic E-state index is -0.135. The monoisotopic (exact) mass is 239 g/mol. The molecule has 0 aliphatic heterocycles. The molecule has 0 aliphatic rings. The summed E-state index contributed by atoms with van der Waals surface area (Å²) in [7, 11) is 0. The van der Waals surface area contributed by atoms with Gasteiger partial charge in [-0.1, -0.05) is 29.3 Å². The summed E-state index contributed by atoms with van der Waals surface area (Å²) in [5.74, 6) is -0.135. The molecular formula is C11H7Cl2NO. The number of benzene rings is 1. The highest BCUT2D eigenvalue weighted by Gasteiger charge is 2.14. The summed E-state index contributed by atoms with van der Waals surface area (Å²) < 4.78 is 0. The molecule has 0 amide bonds. The molecule has 0 saturated heterocycles. The predicted molar refractivity (Wildman–Crippen MR) is 60.7 cm³/mol. The fourth-order valence-corrected chi connectivity index (χ4v) is 1.69. The molecule has 4 heteroatoms. The standard InChI is InChI=1S/C11H7Cl2NO/c12-9-3-1-2-8(10(9)13)11(15)7-4-5-14-6-7/h1-6,14H. The van der Waals surface area contributed by atoms with Gasteiger partial charge in [0, 0.05) is 23.5 Å². The maximum absolute atomic E-state index is 11.9. The van der Waals surface area contributed by atoms with Crippen molar-refractivity contribution in [3.8, 4) is 0 Å². The molecule has 0 saturated carbocycles. The average molecular weight is 240 g/mol. The molecule has 0 bridgehead atoms. The van der Waals surface area contributed by atoms with Gasteiger partial charge >= 0.3 is 0 Å². The van der Waals surface area contributed by atoms with Crippen molar-refractivity contribution in [2.45, 2.75) is 0 Å². The Morgan fingerprint density at radius 1 is 1.20 bits per heavy atom. The van der Waals surface area contributed by atoms with Crippen LogP contribution < -0.4 is 0 Å². The van der Waals surface area contributed by atoms with Gasteiger partial charge in [-0.3, -0.25) is 4.79 Å². The maximum Gasteiger partial charge on any atom is 0.196 e. The largest absolute Gasteiger partial charge is 0.367 e. The highest BCUT2D eigenvalue weighted by atomic mass is 35.5. The number of hydrogen-bond donors (Lipinski definition) is 1. The lowest BCUT2D eigenvalue weighted by atomic mass is 10.1. The average Bonchev–Trinajstić information content (AvgIpc) is 2.74. The molecule has 1 heterocycles. The summed E-state index contributed by atoms with van der Waals surface area (Å²) in [6, 6.07) is 6.70. The molecule has 0 aliphatic carbocycles. The highest BCUT2D eigenvalue weighted by Crippen LogP contribution is 2.27. The van der Waals surface area contributed by atoms with Gasteiger partial charge in [0.2, 0.25) is 0 Å². The third-order valence-electron chi connectivity index (χ3n) is 2.06. The Bertz CT molecular complexity index is 491. The number of carbonyl (C=O) groups excluding carboxylic acids is 1. The second-order valence-electron chi connectivity index (χ2n) is 3.03. The van der Waals surface area contributed by atoms with E-state index in [9.17, 15) is 4.79 Å². The number of aromatic nitrogens is 1. The highest BCUT2D eigenvalue weighted by molar-refractivity contribution is 6.44. The first-order valence-corrected chi connectivity index (χ1v) is 5.07. The minimum absolute atomic E-state index is 0.135. The zero-order valence-corrected chi connectivity index (χ0v) is 9.14. The van der Waals surface area contributed by atoms with E-state index in [2.05, 4.69) is 4.98 Å². The lowest BCUT2D eigenvalue weighted by Crippen LogP contribution is -2.00. The maximum atomic E-state index is 11.9. The molecule has 2 rings (SSSR count). The van der Waals surface area contributed by atoms with Gasteiger partial charge in [0.15, 0.2) is 5.78 Å². The van der Waals surface area contributed by atoms with Gasteiger partial charge in [0.1, 0.15) is 0 Å². The molecule has 0 radical (unpaired) electrons. The van der Waals surface area contributed by atoms with Gasteiger partial charge in [-0.25, -0.2) is 0 Å². The van der Waals surface area contributed by atoms with Crippen LogP contribution in [0.5, 0.6) is 0 Å². The van der Waals surface area contributed by atoms with Crippen molar-refractivity contribution in [2.24, 2.45) is 0 Å². The molecule has 15 heavy (non-hydrogen) atoms. The minimum Gasteiger partial charge on any atom is -0.367 e. The van der Waals surface area contributed by atoms with Crippen molar-refractivity contribution in [1.29, 1.82) is 0 Å². The molecule has 1 N–H and O–H groups in total.